The number of hydrogen-bond donors (Lipinski definition) is 2. The Bertz CT molecular complexity index is 654. The number of nitrogens with one attached hydrogen (secondary N) is 1. The molecule has 0 unspecified atom stereocenters. The standard InChI is InChI=1S/C14H15N3O3S/c1-20-13(19)9-3-2-4-10(7-9)16-12(18)6-5-11-8-21-14(15)17-11/h2-4,7-8H,5-6H2,1H3,(H2,15,17)(H,16,18). The number of nitrogen functional groups attached to an aromatic ring is 1. The molecule has 2 rings (SSSR count). The van der Waals surface area contributed by atoms with Crippen molar-refractivity contribution in [1.29, 1.82) is 0 Å². The molecule has 0 aliphatic rings. The number of methoxy groups -OCH3 is 1. The van der Waals surface area contributed by atoms with E-state index in [4.69, 9.17) is 5.73 Å². The van der Waals surface area contributed by atoms with Crippen LogP contribution < -0.4 is 11.1 Å². The molecule has 0 aliphatic carbocycles. The molecule has 0 saturated heterocycles. The Morgan fingerprint density at radius 1 is 1.43 bits per heavy atom. The number of rotatable bonds is 5. The second-order valence-corrected chi connectivity index (χ2v) is 5.19. The van der Waals surface area contributed by atoms with Crippen LogP contribution in [0.4, 0.5) is 10.8 Å². The summed E-state index contributed by atoms with van der Waals surface area (Å²) in [6.07, 6.45) is 0.821. The van der Waals surface area contributed by atoms with Gasteiger partial charge in [-0.3, -0.25) is 4.79 Å². The third-order valence-electron chi connectivity index (χ3n) is 2.75. The molecule has 0 bridgehead atoms. The molecule has 0 radical (unpaired) electrons. The van der Waals surface area contributed by atoms with E-state index in [2.05, 4.69) is 15.0 Å². The van der Waals surface area contributed by atoms with Crippen LogP contribution in [0.1, 0.15) is 22.5 Å². The van der Waals surface area contributed by atoms with Gasteiger partial charge in [-0.1, -0.05) is 6.07 Å². The van der Waals surface area contributed by atoms with Crippen molar-refractivity contribution in [2.24, 2.45) is 0 Å². The van der Waals surface area contributed by atoms with Crippen molar-refractivity contribution >= 4 is 34.0 Å². The van der Waals surface area contributed by atoms with E-state index in [0.717, 1.165) is 5.69 Å². The minimum Gasteiger partial charge on any atom is -0.465 e. The van der Waals surface area contributed by atoms with E-state index in [1.54, 1.807) is 24.3 Å². The van der Waals surface area contributed by atoms with Crippen LogP contribution in [0.2, 0.25) is 0 Å². The van der Waals surface area contributed by atoms with Crippen LogP contribution in [-0.2, 0) is 16.0 Å². The second kappa shape index (κ2) is 6.85. The highest BCUT2D eigenvalue weighted by atomic mass is 32.1. The Labute approximate surface area is 125 Å². The fourth-order valence-electron chi connectivity index (χ4n) is 1.74. The summed E-state index contributed by atoms with van der Waals surface area (Å²) in [5, 5.41) is 5.07. The zero-order valence-electron chi connectivity index (χ0n) is 11.5. The zero-order valence-corrected chi connectivity index (χ0v) is 12.3. The number of nitrogens with zero attached hydrogens (tertiary/aromatic N) is 1. The molecule has 2 aromatic rings. The summed E-state index contributed by atoms with van der Waals surface area (Å²) < 4.78 is 4.63. The van der Waals surface area contributed by atoms with Gasteiger partial charge in [0.25, 0.3) is 0 Å². The fourth-order valence-corrected chi connectivity index (χ4v) is 2.34. The molecule has 1 aromatic carbocycles. The van der Waals surface area contributed by atoms with Gasteiger partial charge >= 0.3 is 5.97 Å². The first kappa shape index (κ1) is 15.0. The maximum absolute atomic E-state index is 11.9. The van der Waals surface area contributed by atoms with Gasteiger partial charge in [0, 0.05) is 17.5 Å². The average Bonchev–Trinajstić information content (AvgIpc) is 2.90. The number of nitrogens with two attached hydrogens (primary N) is 1. The predicted molar refractivity (Wildman–Crippen MR) is 81.3 cm³/mol. The molecule has 7 heteroatoms. The molecular weight excluding hydrogens is 290 g/mol. The van der Waals surface area contributed by atoms with E-state index in [9.17, 15) is 9.59 Å². The summed E-state index contributed by atoms with van der Waals surface area (Å²) in [5.74, 6) is -0.590. The lowest BCUT2D eigenvalue weighted by Gasteiger charge is -2.06. The summed E-state index contributed by atoms with van der Waals surface area (Å²) in [5.41, 5.74) is 7.28. The van der Waals surface area contributed by atoms with E-state index in [1.165, 1.54) is 18.4 Å². The highest BCUT2D eigenvalue weighted by molar-refractivity contribution is 7.13. The number of benzene rings is 1. The molecule has 3 N–H and O–H groups in total. The maximum Gasteiger partial charge on any atom is 0.337 e. The molecule has 0 fully saturated rings. The minimum atomic E-state index is -0.441. The normalized spacial score (nSPS) is 10.1. The summed E-state index contributed by atoms with van der Waals surface area (Å²) in [6.45, 7) is 0. The van der Waals surface area contributed by atoms with Crippen molar-refractivity contribution in [2.45, 2.75) is 12.8 Å². The van der Waals surface area contributed by atoms with E-state index < -0.39 is 5.97 Å². The third kappa shape index (κ3) is 4.28. The van der Waals surface area contributed by atoms with Crippen LogP contribution in [0.5, 0.6) is 0 Å². The number of hydrogen-bond acceptors (Lipinski definition) is 6. The van der Waals surface area contributed by atoms with E-state index >= 15 is 0 Å². The minimum absolute atomic E-state index is 0.149. The number of ether oxygens (including phenoxy) is 1. The van der Waals surface area contributed by atoms with Crippen LogP contribution in [-0.4, -0.2) is 24.0 Å². The lowest BCUT2D eigenvalue weighted by atomic mass is 10.2. The SMILES string of the molecule is COC(=O)c1cccc(NC(=O)CCc2csc(N)n2)c1. The number of thiazole rings is 1. The molecule has 21 heavy (non-hydrogen) atoms. The number of aryl methyl sites for hydroxylation is 1. The Kier molecular flexibility index (Phi) is 4.89. The smallest absolute Gasteiger partial charge is 0.337 e. The first-order valence-corrected chi connectivity index (χ1v) is 7.14. The first-order chi connectivity index (χ1) is 10.1. The molecule has 1 aromatic heterocycles. The Balaban J connectivity index is 1.91. The number of esters is 1. The van der Waals surface area contributed by atoms with Crippen molar-refractivity contribution in [3.63, 3.8) is 0 Å². The molecule has 0 saturated carbocycles. The van der Waals surface area contributed by atoms with Crippen LogP contribution in [0.3, 0.4) is 0 Å². The third-order valence-corrected chi connectivity index (χ3v) is 3.47. The molecule has 110 valence electrons. The van der Waals surface area contributed by atoms with Gasteiger partial charge in [-0.15, -0.1) is 11.3 Å². The van der Waals surface area contributed by atoms with Gasteiger partial charge in [0.2, 0.25) is 5.91 Å². The average molecular weight is 305 g/mol. The Morgan fingerprint density at radius 2 is 2.24 bits per heavy atom. The van der Waals surface area contributed by atoms with Gasteiger partial charge in [0.1, 0.15) is 0 Å². The summed E-state index contributed by atoms with van der Waals surface area (Å²) in [6, 6.07) is 6.60. The number of amides is 1. The summed E-state index contributed by atoms with van der Waals surface area (Å²) >= 11 is 1.35. The van der Waals surface area contributed by atoms with E-state index in [0.29, 0.717) is 29.2 Å². The Hall–Kier alpha value is -2.41. The van der Waals surface area contributed by atoms with Gasteiger partial charge < -0.3 is 15.8 Å². The van der Waals surface area contributed by atoms with Crippen molar-refractivity contribution in [2.75, 3.05) is 18.2 Å². The van der Waals surface area contributed by atoms with Crippen molar-refractivity contribution < 1.29 is 14.3 Å². The van der Waals surface area contributed by atoms with Crippen LogP contribution in [0, 0.1) is 0 Å². The van der Waals surface area contributed by atoms with Gasteiger partial charge in [0.15, 0.2) is 5.13 Å². The van der Waals surface area contributed by atoms with Crippen LogP contribution >= 0.6 is 11.3 Å². The van der Waals surface area contributed by atoms with Crippen molar-refractivity contribution in [3.05, 3.63) is 40.9 Å². The topological polar surface area (TPSA) is 94.3 Å². The van der Waals surface area contributed by atoms with Crippen LogP contribution in [0.25, 0.3) is 0 Å². The second-order valence-electron chi connectivity index (χ2n) is 4.30. The molecule has 1 heterocycles. The van der Waals surface area contributed by atoms with Crippen molar-refractivity contribution in [1.82, 2.24) is 4.98 Å². The van der Waals surface area contributed by atoms with Gasteiger partial charge in [-0.25, -0.2) is 9.78 Å². The first-order valence-electron chi connectivity index (χ1n) is 6.26. The lowest BCUT2D eigenvalue weighted by Crippen LogP contribution is -2.13. The lowest BCUT2D eigenvalue weighted by molar-refractivity contribution is -0.116. The Morgan fingerprint density at radius 3 is 2.90 bits per heavy atom. The number of carbonyl (C=O) groups excluding carboxylic acids is 2. The summed E-state index contributed by atoms with van der Waals surface area (Å²) in [4.78, 5) is 27.4. The molecule has 6 nitrogen and oxygen atoms in total. The molecule has 1 amide bonds. The monoisotopic (exact) mass is 305 g/mol. The fraction of sp³-hybridized carbons (Fsp3) is 0.214. The number of aromatic nitrogens is 1. The highest BCUT2D eigenvalue weighted by Gasteiger charge is 2.08. The van der Waals surface area contributed by atoms with Crippen LogP contribution in [0.15, 0.2) is 29.6 Å². The van der Waals surface area contributed by atoms with Gasteiger partial charge in [-0.2, -0.15) is 0 Å². The molecule has 0 aliphatic heterocycles. The maximum atomic E-state index is 11.9. The number of carbonyl (C=O) groups is 2. The van der Waals surface area contributed by atoms with E-state index in [1.807, 2.05) is 5.38 Å². The van der Waals surface area contributed by atoms with Gasteiger partial charge in [0.05, 0.1) is 18.4 Å². The predicted octanol–water partition coefficient (Wildman–Crippen LogP) is 2.08. The quantitative estimate of drug-likeness (QED) is 0.825. The van der Waals surface area contributed by atoms with E-state index in [-0.39, 0.29) is 5.91 Å². The zero-order chi connectivity index (χ0) is 15.2. The molecule has 0 spiro atoms. The highest BCUT2D eigenvalue weighted by Crippen LogP contribution is 2.14. The van der Waals surface area contributed by atoms with Gasteiger partial charge in [-0.05, 0) is 24.6 Å². The number of anilines is 2. The summed E-state index contributed by atoms with van der Waals surface area (Å²) in [7, 11) is 1.31. The largest absolute Gasteiger partial charge is 0.465 e. The molecule has 0 atom stereocenters. The van der Waals surface area contributed by atoms with Crippen molar-refractivity contribution in [3.8, 4) is 0 Å². The molecular formula is C14H15N3O3S.